The van der Waals surface area contributed by atoms with Crippen LogP contribution in [0.5, 0.6) is 0 Å². The lowest BCUT2D eigenvalue weighted by atomic mass is 10.2. The molecule has 21 heavy (non-hydrogen) atoms. The summed E-state index contributed by atoms with van der Waals surface area (Å²) in [6.45, 7) is 1.76. The number of nitro benzene ring substituents is 1. The Bertz CT molecular complexity index is 734. The fraction of sp³-hybridized carbons (Fsp3) is 0.143. The third kappa shape index (κ3) is 3.25. The van der Waals surface area contributed by atoms with Gasteiger partial charge in [-0.15, -0.1) is 0 Å². The van der Waals surface area contributed by atoms with E-state index < -0.39 is 27.2 Å². The molecule has 110 valence electrons. The molecular weight excluding hydrogens is 295 g/mol. The van der Waals surface area contributed by atoms with Gasteiger partial charge in [-0.1, -0.05) is 12.1 Å². The highest BCUT2D eigenvalue weighted by molar-refractivity contribution is 7.84. The summed E-state index contributed by atoms with van der Waals surface area (Å²) in [4.78, 5) is 10.4. The zero-order valence-electron chi connectivity index (χ0n) is 11.2. The summed E-state index contributed by atoms with van der Waals surface area (Å²) in [6, 6.07) is 8.77. The van der Waals surface area contributed by atoms with Gasteiger partial charge in [-0.25, -0.2) is 0 Å². The summed E-state index contributed by atoms with van der Waals surface area (Å²) in [5, 5.41) is 10.7. The van der Waals surface area contributed by atoms with Crippen molar-refractivity contribution < 1.29 is 13.5 Å². The molecule has 0 saturated heterocycles. The molecule has 5 nitrogen and oxygen atoms in total. The molecule has 2 aromatic rings. The molecule has 7 heteroatoms. The molecule has 0 heterocycles. The molecule has 0 saturated carbocycles. The number of nitrogen functional groups attached to an aromatic ring is 1. The van der Waals surface area contributed by atoms with E-state index in [-0.39, 0.29) is 11.3 Å². The van der Waals surface area contributed by atoms with E-state index in [2.05, 4.69) is 0 Å². The van der Waals surface area contributed by atoms with Gasteiger partial charge in [0.05, 0.1) is 21.5 Å². The number of nitrogens with zero attached hydrogens (tertiary/aromatic N) is 1. The highest BCUT2D eigenvalue weighted by atomic mass is 32.2. The number of nitrogens with two attached hydrogens (primary N) is 1. The second-order valence-electron chi connectivity index (χ2n) is 4.52. The molecule has 0 aliphatic rings. The SMILES string of the molecule is Cc1cc(N)ccc1S(=O)Cc1cccc([N+](=O)[O-])c1F. The third-order valence-corrected chi connectivity index (χ3v) is 4.51. The van der Waals surface area contributed by atoms with Crippen molar-refractivity contribution in [3.05, 3.63) is 63.5 Å². The van der Waals surface area contributed by atoms with Gasteiger partial charge in [0, 0.05) is 22.2 Å². The van der Waals surface area contributed by atoms with Crippen molar-refractivity contribution in [3.63, 3.8) is 0 Å². The summed E-state index contributed by atoms with van der Waals surface area (Å²) in [7, 11) is -1.50. The number of hydrogen-bond acceptors (Lipinski definition) is 4. The lowest BCUT2D eigenvalue weighted by molar-refractivity contribution is -0.387. The molecule has 0 spiro atoms. The van der Waals surface area contributed by atoms with Crippen molar-refractivity contribution in [2.75, 3.05) is 5.73 Å². The molecule has 0 fully saturated rings. The second kappa shape index (κ2) is 6.01. The van der Waals surface area contributed by atoms with Crippen LogP contribution in [0.15, 0.2) is 41.3 Å². The molecule has 0 aromatic heterocycles. The predicted octanol–water partition coefficient (Wildman–Crippen LogP) is 2.93. The van der Waals surface area contributed by atoms with E-state index >= 15 is 0 Å². The first-order valence-corrected chi connectivity index (χ1v) is 7.38. The summed E-state index contributed by atoms with van der Waals surface area (Å²) in [5.41, 5.74) is 6.35. The molecular formula is C14H13FN2O3S. The van der Waals surface area contributed by atoms with Gasteiger partial charge in [0.1, 0.15) is 0 Å². The van der Waals surface area contributed by atoms with Gasteiger partial charge in [-0.2, -0.15) is 4.39 Å². The molecule has 0 aliphatic carbocycles. The number of aryl methyl sites for hydroxylation is 1. The average molecular weight is 308 g/mol. The Hall–Kier alpha value is -2.28. The van der Waals surface area contributed by atoms with Gasteiger partial charge in [0.2, 0.25) is 5.82 Å². The molecule has 2 rings (SSSR count). The van der Waals surface area contributed by atoms with E-state index in [0.29, 0.717) is 10.6 Å². The molecule has 1 unspecified atom stereocenters. The average Bonchev–Trinajstić information content (AvgIpc) is 2.40. The highest BCUT2D eigenvalue weighted by Gasteiger charge is 2.19. The molecule has 0 bridgehead atoms. The number of hydrogen-bond donors (Lipinski definition) is 1. The third-order valence-electron chi connectivity index (χ3n) is 2.99. The fourth-order valence-corrected chi connectivity index (χ4v) is 3.26. The minimum absolute atomic E-state index is 0.0544. The van der Waals surface area contributed by atoms with E-state index in [0.717, 1.165) is 11.6 Å². The van der Waals surface area contributed by atoms with Crippen molar-refractivity contribution in [1.82, 2.24) is 0 Å². The fourth-order valence-electron chi connectivity index (χ4n) is 1.97. The largest absolute Gasteiger partial charge is 0.399 e. The Kier molecular flexibility index (Phi) is 4.32. The first-order valence-electron chi connectivity index (χ1n) is 6.06. The van der Waals surface area contributed by atoms with Crippen LogP contribution in [0.4, 0.5) is 15.8 Å². The second-order valence-corrected chi connectivity index (χ2v) is 5.94. The predicted molar refractivity (Wildman–Crippen MR) is 78.8 cm³/mol. The Morgan fingerprint density at radius 3 is 2.67 bits per heavy atom. The maximum atomic E-state index is 14.0. The summed E-state index contributed by atoms with van der Waals surface area (Å²) in [5.74, 6) is -1.07. The number of benzene rings is 2. The van der Waals surface area contributed by atoms with Crippen LogP contribution in [0.3, 0.4) is 0 Å². The minimum Gasteiger partial charge on any atom is -0.399 e. The molecule has 0 amide bonds. The Balaban J connectivity index is 2.32. The van der Waals surface area contributed by atoms with Crippen LogP contribution in [0.2, 0.25) is 0 Å². The molecule has 0 aliphatic heterocycles. The van der Waals surface area contributed by atoms with Crippen LogP contribution in [0.1, 0.15) is 11.1 Å². The highest BCUT2D eigenvalue weighted by Crippen LogP contribution is 2.24. The van der Waals surface area contributed by atoms with Crippen LogP contribution in [-0.4, -0.2) is 9.13 Å². The maximum absolute atomic E-state index is 14.0. The number of rotatable bonds is 4. The van der Waals surface area contributed by atoms with Gasteiger partial charge >= 0.3 is 5.69 Å². The van der Waals surface area contributed by atoms with E-state index in [1.165, 1.54) is 12.1 Å². The minimum atomic E-state index is -1.50. The normalized spacial score (nSPS) is 12.1. The zero-order chi connectivity index (χ0) is 15.6. The van der Waals surface area contributed by atoms with Crippen molar-refractivity contribution in [1.29, 1.82) is 0 Å². The topological polar surface area (TPSA) is 86.2 Å². The summed E-state index contributed by atoms with van der Waals surface area (Å²) >= 11 is 0. The van der Waals surface area contributed by atoms with Gasteiger partial charge < -0.3 is 5.73 Å². The number of anilines is 1. The van der Waals surface area contributed by atoms with E-state index in [1.54, 1.807) is 25.1 Å². The van der Waals surface area contributed by atoms with Crippen LogP contribution in [0.25, 0.3) is 0 Å². The first-order chi connectivity index (χ1) is 9.90. The lowest BCUT2D eigenvalue weighted by Gasteiger charge is -2.08. The van der Waals surface area contributed by atoms with Crippen LogP contribution < -0.4 is 5.73 Å². The van der Waals surface area contributed by atoms with Gasteiger partial charge in [-0.3, -0.25) is 14.3 Å². The number of nitro groups is 1. The molecule has 2 aromatic carbocycles. The summed E-state index contributed by atoms with van der Waals surface area (Å²) < 4.78 is 26.3. The monoisotopic (exact) mass is 308 g/mol. The van der Waals surface area contributed by atoms with Gasteiger partial charge in [0.15, 0.2) is 0 Å². The van der Waals surface area contributed by atoms with Crippen LogP contribution >= 0.6 is 0 Å². The molecule has 0 radical (unpaired) electrons. The van der Waals surface area contributed by atoms with Crippen LogP contribution in [0, 0.1) is 22.9 Å². The maximum Gasteiger partial charge on any atom is 0.305 e. The van der Waals surface area contributed by atoms with E-state index in [9.17, 15) is 18.7 Å². The van der Waals surface area contributed by atoms with Gasteiger partial charge in [-0.05, 0) is 30.7 Å². The molecule has 2 N–H and O–H groups in total. The first kappa shape index (κ1) is 15.1. The quantitative estimate of drug-likeness (QED) is 0.534. The van der Waals surface area contributed by atoms with E-state index in [1.807, 2.05) is 0 Å². The lowest BCUT2D eigenvalue weighted by Crippen LogP contribution is -2.03. The Morgan fingerprint density at radius 1 is 1.33 bits per heavy atom. The van der Waals surface area contributed by atoms with Crippen molar-refractivity contribution in [2.24, 2.45) is 0 Å². The van der Waals surface area contributed by atoms with Crippen molar-refractivity contribution in [3.8, 4) is 0 Å². The standard InChI is InChI=1S/C14H13FN2O3S/c1-9-7-11(16)5-6-13(9)21(20)8-10-3-2-4-12(14(10)15)17(18)19/h2-7H,8,16H2,1H3. The Morgan fingerprint density at radius 2 is 2.05 bits per heavy atom. The van der Waals surface area contributed by atoms with Crippen molar-refractivity contribution in [2.45, 2.75) is 17.6 Å². The van der Waals surface area contributed by atoms with Crippen LogP contribution in [-0.2, 0) is 16.6 Å². The van der Waals surface area contributed by atoms with Crippen molar-refractivity contribution >= 4 is 22.2 Å². The number of halogens is 1. The summed E-state index contributed by atoms with van der Waals surface area (Å²) in [6.07, 6.45) is 0. The zero-order valence-corrected chi connectivity index (χ0v) is 12.0. The Labute approximate surface area is 123 Å². The molecule has 1 atom stereocenters. The smallest absolute Gasteiger partial charge is 0.305 e. The van der Waals surface area contributed by atoms with Gasteiger partial charge in [0.25, 0.3) is 0 Å². The van der Waals surface area contributed by atoms with E-state index in [4.69, 9.17) is 5.73 Å².